The average molecular weight is 318 g/mol. The predicted molar refractivity (Wildman–Crippen MR) is 88.2 cm³/mol. The largest absolute Gasteiger partial charge is 0.397 e. The lowest BCUT2D eigenvalue weighted by Crippen LogP contribution is -2.26. The van der Waals surface area contributed by atoms with E-state index in [0.717, 1.165) is 15.8 Å². The Balaban J connectivity index is 2.04. The molecule has 0 fully saturated rings. The van der Waals surface area contributed by atoms with Crippen molar-refractivity contribution < 1.29 is 4.79 Å². The van der Waals surface area contributed by atoms with E-state index in [4.69, 9.17) is 17.3 Å². The van der Waals surface area contributed by atoms with Crippen LogP contribution in [-0.4, -0.2) is 17.9 Å². The fourth-order valence-electron chi connectivity index (χ4n) is 2.07. The number of carbonyl (C=O) groups is 1. The van der Waals surface area contributed by atoms with Gasteiger partial charge in [0, 0.05) is 28.4 Å². The van der Waals surface area contributed by atoms with Crippen LogP contribution in [0.25, 0.3) is 10.1 Å². The van der Waals surface area contributed by atoms with E-state index >= 15 is 0 Å². The Morgan fingerprint density at radius 2 is 2.19 bits per heavy atom. The number of nitrogen functional groups attached to an aromatic ring is 1. The van der Waals surface area contributed by atoms with Crippen LogP contribution >= 0.6 is 22.9 Å². The highest BCUT2D eigenvalue weighted by Gasteiger charge is 2.20. The van der Waals surface area contributed by atoms with Gasteiger partial charge < -0.3 is 10.6 Å². The molecule has 1 aromatic carbocycles. The first-order chi connectivity index (χ1) is 10.1. The van der Waals surface area contributed by atoms with Gasteiger partial charge >= 0.3 is 0 Å². The van der Waals surface area contributed by atoms with Crippen LogP contribution in [0.15, 0.2) is 42.7 Å². The summed E-state index contributed by atoms with van der Waals surface area (Å²) in [4.78, 5) is 18.7. The predicted octanol–water partition coefficient (Wildman–Crippen LogP) is 3.81. The second-order valence-electron chi connectivity index (χ2n) is 4.56. The number of halogens is 1. The van der Waals surface area contributed by atoms with Crippen molar-refractivity contribution in [3.63, 3.8) is 0 Å². The number of fused-ring (bicyclic) bond motifs is 1. The topological polar surface area (TPSA) is 59.2 Å². The number of hydrogen-bond acceptors (Lipinski definition) is 4. The van der Waals surface area contributed by atoms with Gasteiger partial charge in [0.15, 0.2) is 0 Å². The molecule has 0 aliphatic carbocycles. The van der Waals surface area contributed by atoms with E-state index < -0.39 is 0 Å². The molecule has 3 aromatic rings. The van der Waals surface area contributed by atoms with Crippen molar-refractivity contribution in [1.29, 1.82) is 0 Å². The maximum absolute atomic E-state index is 12.6. The molecule has 0 aliphatic rings. The van der Waals surface area contributed by atoms with Crippen molar-refractivity contribution >= 4 is 50.3 Å². The van der Waals surface area contributed by atoms with Crippen LogP contribution in [0, 0.1) is 0 Å². The van der Waals surface area contributed by atoms with Crippen LogP contribution in [0.5, 0.6) is 0 Å². The van der Waals surface area contributed by atoms with Gasteiger partial charge in [-0.05, 0) is 30.3 Å². The van der Waals surface area contributed by atoms with Gasteiger partial charge in [0.05, 0.1) is 17.6 Å². The molecule has 0 aliphatic heterocycles. The number of pyridine rings is 1. The fourth-order valence-corrected chi connectivity index (χ4v) is 3.32. The number of rotatable bonds is 2. The van der Waals surface area contributed by atoms with Gasteiger partial charge in [-0.2, -0.15) is 0 Å². The lowest BCUT2D eigenvalue weighted by molar-refractivity contribution is 0.0997. The standard InChI is InChI=1S/C15H12ClN3OS/c1-19(10-3-2-6-18-8-10)15(20)14-13(17)11-7-9(16)4-5-12(11)21-14/h2-8H,17H2,1H3. The summed E-state index contributed by atoms with van der Waals surface area (Å²) in [5.74, 6) is -0.155. The van der Waals surface area contributed by atoms with Gasteiger partial charge in [0.1, 0.15) is 4.88 Å². The zero-order chi connectivity index (χ0) is 15.0. The minimum atomic E-state index is -0.155. The van der Waals surface area contributed by atoms with Gasteiger partial charge in [-0.15, -0.1) is 11.3 Å². The third kappa shape index (κ3) is 2.46. The van der Waals surface area contributed by atoms with Crippen LogP contribution in [0.2, 0.25) is 5.02 Å². The maximum Gasteiger partial charge on any atom is 0.270 e. The zero-order valence-electron chi connectivity index (χ0n) is 11.2. The molecule has 4 nitrogen and oxygen atoms in total. The monoisotopic (exact) mass is 317 g/mol. The number of carbonyl (C=O) groups excluding carboxylic acids is 1. The van der Waals surface area contributed by atoms with E-state index in [1.807, 2.05) is 12.1 Å². The van der Waals surface area contributed by atoms with Crippen LogP contribution in [0.4, 0.5) is 11.4 Å². The Morgan fingerprint density at radius 1 is 1.38 bits per heavy atom. The fraction of sp³-hybridized carbons (Fsp3) is 0.0667. The number of aromatic nitrogens is 1. The summed E-state index contributed by atoms with van der Waals surface area (Å²) in [6.45, 7) is 0. The van der Waals surface area contributed by atoms with E-state index in [1.165, 1.54) is 16.2 Å². The molecule has 0 saturated carbocycles. The SMILES string of the molecule is CN(C(=O)c1sc2ccc(Cl)cc2c1N)c1cccnc1. The van der Waals surface area contributed by atoms with Gasteiger partial charge in [-0.3, -0.25) is 9.78 Å². The Bertz CT molecular complexity index is 816. The number of benzene rings is 1. The number of thiophene rings is 1. The molecule has 0 saturated heterocycles. The first-order valence-electron chi connectivity index (χ1n) is 6.23. The van der Waals surface area contributed by atoms with Crippen LogP contribution < -0.4 is 10.6 Å². The number of nitrogens with two attached hydrogens (primary N) is 1. The molecule has 1 amide bonds. The number of hydrogen-bond donors (Lipinski definition) is 1. The molecular weight excluding hydrogens is 306 g/mol. The lowest BCUT2D eigenvalue weighted by atomic mass is 10.2. The van der Waals surface area contributed by atoms with Crippen LogP contribution in [0.3, 0.4) is 0 Å². The Kier molecular flexibility index (Phi) is 3.53. The molecule has 0 bridgehead atoms. The summed E-state index contributed by atoms with van der Waals surface area (Å²) < 4.78 is 0.944. The molecule has 0 radical (unpaired) electrons. The Hall–Kier alpha value is -2.11. The van der Waals surface area contributed by atoms with Crippen molar-refractivity contribution in [2.24, 2.45) is 0 Å². The highest BCUT2D eigenvalue weighted by molar-refractivity contribution is 7.21. The molecular formula is C15H12ClN3OS. The zero-order valence-corrected chi connectivity index (χ0v) is 12.8. The summed E-state index contributed by atoms with van der Waals surface area (Å²) in [6.07, 6.45) is 3.30. The highest BCUT2D eigenvalue weighted by Crippen LogP contribution is 2.36. The van der Waals surface area contributed by atoms with Crippen molar-refractivity contribution in [2.45, 2.75) is 0 Å². The van der Waals surface area contributed by atoms with E-state index in [9.17, 15) is 4.79 Å². The van der Waals surface area contributed by atoms with E-state index in [2.05, 4.69) is 4.98 Å². The summed E-state index contributed by atoms with van der Waals surface area (Å²) in [5, 5.41) is 1.42. The highest BCUT2D eigenvalue weighted by atomic mass is 35.5. The van der Waals surface area contributed by atoms with E-state index in [-0.39, 0.29) is 5.91 Å². The average Bonchev–Trinajstić information content (AvgIpc) is 2.83. The molecule has 2 N–H and O–H groups in total. The molecule has 21 heavy (non-hydrogen) atoms. The number of anilines is 2. The maximum atomic E-state index is 12.6. The third-order valence-electron chi connectivity index (χ3n) is 3.22. The normalized spacial score (nSPS) is 10.8. The summed E-state index contributed by atoms with van der Waals surface area (Å²) >= 11 is 7.35. The van der Waals surface area contributed by atoms with E-state index in [0.29, 0.717) is 15.6 Å². The summed E-state index contributed by atoms with van der Waals surface area (Å²) in [7, 11) is 1.70. The Labute approximate surface area is 130 Å². The van der Waals surface area contributed by atoms with Gasteiger partial charge in [0.2, 0.25) is 0 Å². The first kappa shape index (κ1) is 13.9. The van der Waals surface area contributed by atoms with Crippen molar-refractivity contribution in [3.05, 3.63) is 52.6 Å². The molecule has 2 aromatic heterocycles. The van der Waals surface area contributed by atoms with Gasteiger partial charge in [-0.25, -0.2) is 0 Å². The molecule has 0 unspecified atom stereocenters. The quantitative estimate of drug-likeness (QED) is 0.782. The van der Waals surface area contributed by atoms with Gasteiger partial charge in [0.25, 0.3) is 5.91 Å². The molecule has 6 heteroatoms. The Morgan fingerprint density at radius 3 is 2.90 bits per heavy atom. The minimum absolute atomic E-state index is 0.155. The van der Waals surface area contributed by atoms with Crippen molar-refractivity contribution in [2.75, 3.05) is 17.7 Å². The second kappa shape index (κ2) is 5.35. The number of nitrogens with zero attached hydrogens (tertiary/aromatic N) is 2. The number of amides is 1. The lowest BCUT2D eigenvalue weighted by Gasteiger charge is -2.16. The van der Waals surface area contributed by atoms with Crippen LogP contribution in [0.1, 0.15) is 9.67 Å². The minimum Gasteiger partial charge on any atom is -0.397 e. The summed E-state index contributed by atoms with van der Waals surface area (Å²) in [6, 6.07) is 9.06. The van der Waals surface area contributed by atoms with Gasteiger partial charge in [-0.1, -0.05) is 11.6 Å². The molecule has 0 atom stereocenters. The van der Waals surface area contributed by atoms with Crippen LogP contribution in [-0.2, 0) is 0 Å². The first-order valence-corrected chi connectivity index (χ1v) is 7.43. The molecule has 106 valence electrons. The summed E-state index contributed by atoms with van der Waals surface area (Å²) in [5.41, 5.74) is 7.30. The third-order valence-corrected chi connectivity index (χ3v) is 4.63. The van der Waals surface area contributed by atoms with Crippen molar-refractivity contribution in [1.82, 2.24) is 4.98 Å². The smallest absolute Gasteiger partial charge is 0.270 e. The van der Waals surface area contributed by atoms with E-state index in [1.54, 1.807) is 37.6 Å². The second-order valence-corrected chi connectivity index (χ2v) is 6.05. The molecule has 2 heterocycles. The molecule has 3 rings (SSSR count). The van der Waals surface area contributed by atoms with Crippen molar-refractivity contribution in [3.8, 4) is 0 Å². The molecule has 0 spiro atoms.